The van der Waals surface area contributed by atoms with Crippen LogP contribution in [0.15, 0.2) is 12.2 Å². The van der Waals surface area contributed by atoms with Gasteiger partial charge >= 0.3 is 5.97 Å². The lowest BCUT2D eigenvalue weighted by Crippen LogP contribution is -2.68. The first kappa shape index (κ1) is 26.4. The van der Waals surface area contributed by atoms with Crippen LogP contribution in [0.1, 0.15) is 106 Å². The number of aliphatic hydroxyl groups is 1. The summed E-state index contributed by atoms with van der Waals surface area (Å²) in [6.45, 7) is 20.1. The van der Waals surface area contributed by atoms with Gasteiger partial charge in [-0.15, -0.1) is 0 Å². The summed E-state index contributed by atoms with van der Waals surface area (Å²) in [6, 6.07) is 0. The van der Waals surface area contributed by atoms with Crippen molar-refractivity contribution in [1.29, 1.82) is 0 Å². The third kappa shape index (κ3) is 2.97. The Kier molecular flexibility index (Phi) is 5.83. The zero-order valence-corrected chi connectivity index (χ0v) is 23.8. The molecule has 1 unspecified atom stereocenters. The van der Waals surface area contributed by atoms with Gasteiger partial charge in [0, 0.05) is 5.92 Å². The second-order valence-electron chi connectivity index (χ2n) is 15.3. The van der Waals surface area contributed by atoms with E-state index in [-0.39, 0.29) is 45.4 Å². The second-order valence-corrected chi connectivity index (χ2v) is 15.3. The molecule has 0 aromatic rings. The molecule has 5 rings (SSSR count). The maximum Gasteiger partial charge on any atom is 0.310 e. The predicted molar refractivity (Wildman–Crippen MR) is 142 cm³/mol. The summed E-state index contributed by atoms with van der Waals surface area (Å²) in [5, 5.41) is 21.7. The minimum absolute atomic E-state index is 0.00641. The van der Waals surface area contributed by atoms with E-state index in [1.165, 1.54) is 0 Å². The van der Waals surface area contributed by atoms with Gasteiger partial charge in [-0.25, -0.2) is 0 Å². The first-order chi connectivity index (χ1) is 16.6. The Labute approximate surface area is 218 Å². The number of carbonyl (C=O) groups excluding carboxylic acids is 1. The molecule has 4 heteroatoms. The standard InChI is InChI=1S/C32H50O4/c1-18(2)20-11-16-32(27(35)36)22(19(3)33)17-31(8)21(26(20)32)9-10-24-29(6)14-13-25(34)28(4,5)23(29)12-15-30(24,31)7/h20-26,34H,1,9-17H2,2-8H3,(H,35,36)/t20-,21+,22?,23-,24+,25-,26+,29-,30+,31+,32-/m0/s1. The number of fused-ring (bicyclic) bond motifs is 7. The van der Waals surface area contributed by atoms with Crippen molar-refractivity contribution in [2.24, 2.45) is 62.6 Å². The SMILES string of the molecule is C=C(C)[C@@H]1CC[C@]2(C(=O)O)C(C(C)=O)C[C@]3(C)[C@H](CC[C@@H]4[C@@]5(C)CC[C@H](O)C(C)(C)[C@@H]5CC[C@]43C)[C@@H]12. The van der Waals surface area contributed by atoms with Crippen LogP contribution in [0.25, 0.3) is 0 Å². The van der Waals surface area contributed by atoms with Gasteiger partial charge in [-0.2, -0.15) is 0 Å². The molecule has 4 nitrogen and oxygen atoms in total. The number of Topliss-reactive ketones (excluding diaryl/α,β-unsaturated/α-hetero) is 1. The highest BCUT2D eigenvalue weighted by molar-refractivity contribution is 5.88. The average molecular weight is 499 g/mol. The number of carbonyl (C=O) groups is 2. The van der Waals surface area contributed by atoms with Gasteiger partial charge in [-0.1, -0.05) is 46.8 Å². The number of aliphatic carboxylic acids is 1. The van der Waals surface area contributed by atoms with E-state index < -0.39 is 17.3 Å². The first-order valence-corrected chi connectivity index (χ1v) is 14.7. The van der Waals surface area contributed by atoms with Crippen LogP contribution < -0.4 is 0 Å². The molecule has 0 saturated heterocycles. The normalized spacial score (nSPS) is 53.4. The molecule has 0 aromatic carbocycles. The summed E-state index contributed by atoms with van der Waals surface area (Å²) in [5.41, 5.74) is 0.208. The van der Waals surface area contributed by atoms with Crippen LogP contribution in [0.2, 0.25) is 0 Å². The van der Waals surface area contributed by atoms with Crippen molar-refractivity contribution < 1.29 is 19.8 Å². The quantitative estimate of drug-likeness (QED) is 0.415. The number of carboxylic acids is 1. The smallest absolute Gasteiger partial charge is 0.310 e. The maximum absolute atomic E-state index is 13.3. The van der Waals surface area contributed by atoms with E-state index in [9.17, 15) is 19.8 Å². The van der Waals surface area contributed by atoms with Crippen molar-refractivity contribution >= 4 is 11.8 Å². The van der Waals surface area contributed by atoms with Crippen molar-refractivity contribution in [2.75, 3.05) is 0 Å². The van der Waals surface area contributed by atoms with E-state index >= 15 is 0 Å². The highest BCUT2D eigenvalue weighted by Gasteiger charge is 2.74. The summed E-state index contributed by atoms with van der Waals surface area (Å²) < 4.78 is 0. The fourth-order valence-corrected chi connectivity index (χ4v) is 12.1. The lowest BCUT2D eigenvalue weighted by molar-refractivity contribution is -0.255. The Balaban J connectivity index is 1.64. The van der Waals surface area contributed by atoms with Gasteiger partial charge in [0.15, 0.2) is 0 Å². The van der Waals surface area contributed by atoms with E-state index in [2.05, 4.69) is 48.1 Å². The average Bonchev–Trinajstić information content (AvgIpc) is 3.18. The molecule has 5 aliphatic carbocycles. The fraction of sp³-hybridized carbons (Fsp3) is 0.875. The zero-order chi connectivity index (χ0) is 26.6. The van der Waals surface area contributed by atoms with Crippen LogP contribution in [0.5, 0.6) is 0 Å². The van der Waals surface area contributed by atoms with Crippen molar-refractivity contribution in [2.45, 2.75) is 112 Å². The maximum atomic E-state index is 13.3. The Morgan fingerprint density at radius 3 is 2.08 bits per heavy atom. The Bertz CT molecular complexity index is 983. The van der Waals surface area contributed by atoms with E-state index in [1.807, 2.05) is 0 Å². The van der Waals surface area contributed by atoms with Gasteiger partial charge in [0.05, 0.1) is 11.5 Å². The monoisotopic (exact) mass is 498 g/mol. The Morgan fingerprint density at radius 2 is 1.50 bits per heavy atom. The number of rotatable bonds is 3. The summed E-state index contributed by atoms with van der Waals surface area (Å²) in [5.74, 6) is 0.407. The molecule has 0 radical (unpaired) electrons. The van der Waals surface area contributed by atoms with Gasteiger partial charge < -0.3 is 10.2 Å². The number of hydrogen-bond acceptors (Lipinski definition) is 3. The van der Waals surface area contributed by atoms with Crippen LogP contribution in [-0.4, -0.2) is 28.1 Å². The predicted octanol–water partition coefficient (Wildman–Crippen LogP) is 6.90. The van der Waals surface area contributed by atoms with Crippen LogP contribution in [-0.2, 0) is 9.59 Å². The lowest BCUT2D eigenvalue weighted by atomic mass is 9.31. The van der Waals surface area contributed by atoms with Crippen LogP contribution >= 0.6 is 0 Å². The fourth-order valence-electron chi connectivity index (χ4n) is 12.1. The van der Waals surface area contributed by atoms with Gasteiger partial charge in [-0.3, -0.25) is 9.59 Å². The summed E-state index contributed by atoms with van der Waals surface area (Å²) >= 11 is 0. The van der Waals surface area contributed by atoms with Crippen LogP contribution in [0.4, 0.5) is 0 Å². The molecule has 5 saturated carbocycles. The zero-order valence-electron chi connectivity index (χ0n) is 23.8. The molecular formula is C32H50O4. The molecule has 202 valence electrons. The molecule has 0 aromatic heterocycles. The number of hydrogen-bond donors (Lipinski definition) is 2. The molecule has 0 spiro atoms. The summed E-state index contributed by atoms with van der Waals surface area (Å²) in [7, 11) is 0. The van der Waals surface area contributed by atoms with E-state index in [0.717, 1.165) is 50.5 Å². The number of allylic oxidation sites excluding steroid dienone is 1. The molecule has 2 N–H and O–H groups in total. The minimum Gasteiger partial charge on any atom is -0.481 e. The van der Waals surface area contributed by atoms with E-state index in [1.54, 1.807) is 6.92 Å². The molecule has 5 fully saturated rings. The van der Waals surface area contributed by atoms with E-state index in [0.29, 0.717) is 30.6 Å². The number of ketones is 1. The molecule has 36 heavy (non-hydrogen) atoms. The molecule has 0 amide bonds. The minimum atomic E-state index is -0.944. The van der Waals surface area contributed by atoms with Crippen molar-refractivity contribution in [3.8, 4) is 0 Å². The third-order valence-electron chi connectivity index (χ3n) is 14.0. The van der Waals surface area contributed by atoms with Gasteiger partial charge in [0.2, 0.25) is 0 Å². The highest BCUT2D eigenvalue weighted by atomic mass is 16.4. The van der Waals surface area contributed by atoms with Gasteiger partial charge in [-0.05, 0) is 123 Å². The summed E-state index contributed by atoms with van der Waals surface area (Å²) in [4.78, 5) is 26.4. The Morgan fingerprint density at radius 1 is 0.833 bits per heavy atom. The second kappa shape index (κ2) is 7.93. The number of carboxylic acid groups (broad SMARTS) is 1. The van der Waals surface area contributed by atoms with E-state index in [4.69, 9.17) is 0 Å². The van der Waals surface area contributed by atoms with Gasteiger partial charge in [0.1, 0.15) is 5.78 Å². The molecule has 0 aliphatic heterocycles. The van der Waals surface area contributed by atoms with Crippen LogP contribution in [0.3, 0.4) is 0 Å². The molecule has 11 atom stereocenters. The molecule has 0 bridgehead atoms. The lowest BCUT2D eigenvalue weighted by Gasteiger charge is -2.73. The van der Waals surface area contributed by atoms with Crippen molar-refractivity contribution in [3.05, 3.63) is 12.2 Å². The topological polar surface area (TPSA) is 74.6 Å². The van der Waals surface area contributed by atoms with Crippen molar-refractivity contribution in [3.63, 3.8) is 0 Å². The highest BCUT2D eigenvalue weighted by Crippen LogP contribution is 2.78. The van der Waals surface area contributed by atoms with Gasteiger partial charge in [0.25, 0.3) is 0 Å². The third-order valence-corrected chi connectivity index (χ3v) is 14.0. The Hall–Kier alpha value is -1.16. The summed E-state index contributed by atoms with van der Waals surface area (Å²) in [6.07, 6.45) is 8.25. The first-order valence-electron chi connectivity index (χ1n) is 14.7. The number of aliphatic hydroxyl groups excluding tert-OH is 1. The molecule has 5 aliphatic rings. The largest absolute Gasteiger partial charge is 0.481 e. The van der Waals surface area contributed by atoms with Crippen LogP contribution in [0, 0.1) is 62.6 Å². The molecule has 0 heterocycles. The van der Waals surface area contributed by atoms with Crippen molar-refractivity contribution in [1.82, 2.24) is 0 Å². The molecular weight excluding hydrogens is 448 g/mol.